The summed E-state index contributed by atoms with van der Waals surface area (Å²) in [6.45, 7) is 4.19. The maximum atomic E-state index is 12.9. The number of ether oxygens (including phenoxy) is 1. The molecule has 1 aliphatic carbocycles. The number of benzene rings is 1. The number of methoxy groups -OCH3 is 1. The van der Waals surface area contributed by atoms with E-state index in [9.17, 15) is 14.4 Å². The summed E-state index contributed by atoms with van der Waals surface area (Å²) in [5, 5.41) is 5.71. The van der Waals surface area contributed by atoms with E-state index in [4.69, 9.17) is 4.74 Å². The summed E-state index contributed by atoms with van der Waals surface area (Å²) in [5.41, 5.74) is 0.394. The molecule has 2 aliphatic rings. The number of hydrogen-bond acceptors (Lipinski definition) is 6. The molecule has 8 nitrogen and oxygen atoms in total. The first-order valence-electron chi connectivity index (χ1n) is 10.6. The van der Waals surface area contributed by atoms with Crippen molar-refractivity contribution < 1.29 is 14.3 Å². The maximum absolute atomic E-state index is 12.9. The molecule has 1 aromatic carbocycles. The summed E-state index contributed by atoms with van der Waals surface area (Å²) in [5.74, 6) is 0.163. The molecule has 1 amide bonds. The molecular weight excluding hydrogens is 384 g/mol. The maximum Gasteiger partial charge on any atom is 0.311 e. The van der Waals surface area contributed by atoms with Gasteiger partial charge in [-0.1, -0.05) is 24.6 Å². The Balaban J connectivity index is 1.42. The summed E-state index contributed by atoms with van der Waals surface area (Å²) in [6.07, 6.45) is 3.26. The lowest BCUT2D eigenvalue weighted by atomic mass is 9.84. The van der Waals surface area contributed by atoms with E-state index in [-0.39, 0.29) is 23.9 Å². The van der Waals surface area contributed by atoms with Crippen LogP contribution in [-0.2, 0) is 27.3 Å². The Kier molecular flexibility index (Phi) is 6.13. The van der Waals surface area contributed by atoms with Crippen molar-refractivity contribution in [1.29, 1.82) is 0 Å². The van der Waals surface area contributed by atoms with Crippen LogP contribution in [0.5, 0.6) is 0 Å². The molecule has 2 aromatic rings. The summed E-state index contributed by atoms with van der Waals surface area (Å²) < 4.78 is 6.23. The molecule has 0 unspecified atom stereocenters. The number of fused-ring (bicyclic) bond motifs is 1. The molecule has 2 heterocycles. The van der Waals surface area contributed by atoms with Crippen molar-refractivity contribution in [3.05, 3.63) is 40.3 Å². The minimum absolute atomic E-state index is 0.0270. The van der Waals surface area contributed by atoms with Crippen molar-refractivity contribution >= 4 is 22.6 Å². The SMILES string of the molecule is COC(=O)Cc1nn(CCN2CCN(C(=O)C3CCC3)CC2)c(=O)c2ccccc12. The third-order valence-corrected chi connectivity index (χ3v) is 6.25. The van der Waals surface area contributed by atoms with Gasteiger partial charge >= 0.3 is 5.97 Å². The van der Waals surface area contributed by atoms with Crippen LogP contribution in [0.2, 0.25) is 0 Å². The molecule has 1 saturated heterocycles. The third-order valence-electron chi connectivity index (χ3n) is 6.25. The fourth-order valence-electron chi connectivity index (χ4n) is 4.14. The van der Waals surface area contributed by atoms with Gasteiger partial charge in [0.1, 0.15) is 0 Å². The zero-order chi connectivity index (χ0) is 21.1. The minimum Gasteiger partial charge on any atom is -0.469 e. The fraction of sp³-hybridized carbons (Fsp3) is 0.545. The largest absolute Gasteiger partial charge is 0.469 e. The number of carbonyl (C=O) groups is 2. The van der Waals surface area contributed by atoms with Crippen LogP contribution in [0.4, 0.5) is 0 Å². The number of nitrogens with zero attached hydrogens (tertiary/aromatic N) is 4. The van der Waals surface area contributed by atoms with Crippen molar-refractivity contribution in [3.8, 4) is 0 Å². The minimum atomic E-state index is -0.384. The predicted octanol–water partition coefficient (Wildman–Crippen LogP) is 1.06. The van der Waals surface area contributed by atoms with Crippen molar-refractivity contribution in [2.24, 2.45) is 5.92 Å². The molecule has 1 aliphatic heterocycles. The summed E-state index contributed by atoms with van der Waals surface area (Å²) in [6, 6.07) is 7.22. The number of piperazine rings is 1. The second kappa shape index (κ2) is 8.95. The van der Waals surface area contributed by atoms with Gasteiger partial charge in [-0.25, -0.2) is 4.68 Å². The van der Waals surface area contributed by atoms with Gasteiger partial charge in [0.05, 0.1) is 31.2 Å². The third kappa shape index (κ3) is 4.23. The van der Waals surface area contributed by atoms with Gasteiger partial charge in [-0.3, -0.25) is 19.3 Å². The first kappa shape index (κ1) is 20.5. The summed E-state index contributed by atoms with van der Waals surface area (Å²) >= 11 is 0. The molecule has 1 aromatic heterocycles. The summed E-state index contributed by atoms with van der Waals surface area (Å²) in [7, 11) is 1.34. The molecule has 0 radical (unpaired) electrons. The second-order valence-electron chi connectivity index (χ2n) is 8.07. The van der Waals surface area contributed by atoms with E-state index in [1.807, 2.05) is 23.1 Å². The van der Waals surface area contributed by atoms with Gasteiger partial charge < -0.3 is 9.64 Å². The quantitative estimate of drug-likeness (QED) is 0.660. The molecule has 0 bridgehead atoms. The number of hydrogen-bond donors (Lipinski definition) is 0. The smallest absolute Gasteiger partial charge is 0.311 e. The van der Waals surface area contributed by atoms with Crippen molar-refractivity contribution in [3.63, 3.8) is 0 Å². The van der Waals surface area contributed by atoms with Gasteiger partial charge in [0.15, 0.2) is 0 Å². The lowest BCUT2D eigenvalue weighted by molar-refractivity contribution is -0.140. The normalized spacial score (nSPS) is 17.7. The van der Waals surface area contributed by atoms with Crippen LogP contribution >= 0.6 is 0 Å². The van der Waals surface area contributed by atoms with E-state index < -0.39 is 0 Å². The topological polar surface area (TPSA) is 84.7 Å². The van der Waals surface area contributed by atoms with Gasteiger partial charge in [0, 0.05) is 44.0 Å². The van der Waals surface area contributed by atoms with Crippen LogP contribution < -0.4 is 5.56 Å². The molecule has 0 atom stereocenters. The Morgan fingerprint density at radius 2 is 1.77 bits per heavy atom. The first-order chi connectivity index (χ1) is 14.6. The number of esters is 1. The number of rotatable bonds is 6. The highest BCUT2D eigenvalue weighted by Crippen LogP contribution is 2.28. The second-order valence-corrected chi connectivity index (χ2v) is 8.07. The molecule has 4 rings (SSSR count). The van der Waals surface area contributed by atoms with E-state index >= 15 is 0 Å². The predicted molar refractivity (Wildman–Crippen MR) is 112 cm³/mol. The van der Waals surface area contributed by atoms with Gasteiger partial charge in [-0.2, -0.15) is 5.10 Å². The Hall–Kier alpha value is -2.74. The number of amides is 1. The highest BCUT2D eigenvalue weighted by atomic mass is 16.5. The van der Waals surface area contributed by atoms with E-state index in [1.54, 1.807) is 6.07 Å². The van der Waals surface area contributed by atoms with E-state index in [2.05, 4.69) is 10.00 Å². The Morgan fingerprint density at radius 1 is 1.07 bits per heavy atom. The molecule has 30 heavy (non-hydrogen) atoms. The fourth-order valence-corrected chi connectivity index (χ4v) is 4.14. The van der Waals surface area contributed by atoms with Gasteiger partial charge in [-0.15, -0.1) is 0 Å². The zero-order valence-electron chi connectivity index (χ0n) is 17.4. The molecular formula is C22H28N4O4. The average molecular weight is 412 g/mol. The molecule has 160 valence electrons. The van der Waals surface area contributed by atoms with E-state index in [0.29, 0.717) is 35.5 Å². The highest BCUT2D eigenvalue weighted by Gasteiger charge is 2.31. The van der Waals surface area contributed by atoms with Crippen molar-refractivity contribution in [1.82, 2.24) is 19.6 Å². The Bertz CT molecular complexity index is 990. The van der Waals surface area contributed by atoms with Gasteiger partial charge in [-0.05, 0) is 18.9 Å². The van der Waals surface area contributed by atoms with Crippen LogP contribution in [-0.4, -0.2) is 71.3 Å². The van der Waals surface area contributed by atoms with Crippen molar-refractivity contribution in [2.45, 2.75) is 32.2 Å². The van der Waals surface area contributed by atoms with Crippen molar-refractivity contribution in [2.75, 3.05) is 39.8 Å². The zero-order valence-corrected chi connectivity index (χ0v) is 17.4. The molecule has 0 spiro atoms. The lowest BCUT2D eigenvalue weighted by Gasteiger charge is -2.38. The Morgan fingerprint density at radius 3 is 2.40 bits per heavy atom. The molecule has 0 N–H and O–H groups in total. The van der Waals surface area contributed by atoms with Crippen LogP contribution in [0.25, 0.3) is 10.8 Å². The number of carbonyl (C=O) groups excluding carboxylic acids is 2. The van der Waals surface area contributed by atoms with E-state index in [1.165, 1.54) is 18.2 Å². The van der Waals surface area contributed by atoms with Crippen LogP contribution in [0, 0.1) is 5.92 Å². The van der Waals surface area contributed by atoms with Gasteiger partial charge in [0.2, 0.25) is 5.91 Å². The first-order valence-corrected chi connectivity index (χ1v) is 10.6. The van der Waals surface area contributed by atoms with Crippen LogP contribution in [0.3, 0.4) is 0 Å². The van der Waals surface area contributed by atoms with Crippen LogP contribution in [0.1, 0.15) is 25.0 Å². The number of aromatic nitrogens is 2. The summed E-state index contributed by atoms with van der Waals surface area (Å²) in [4.78, 5) is 41.3. The average Bonchev–Trinajstić information content (AvgIpc) is 2.74. The lowest BCUT2D eigenvalue weighted by Crippen LogP contribution is -2.51. The monoisotopic (exact) mass is 412 g/mol. The highest BCUT2D eigenvalue weighted by molar-refractivity contribution is 5.86. The molecule has 8 heteroatoms. The van der Waals surface area contributed by atoms with E-state index in [0.717, 1.165) is 39.0 Å². The van der Waals surface area contributed by atoms with Crippen LogP contribution in [0.15, 0.2) is 29.1 Å². The standard InChI is InChI=1S/C22H28N4O4/c1-30-20(27)15-19-17-7-2-3-8-18(17)22(29)26(23-19)14-11-24-9-12-25(13-10-24)21(28)16-5-4-6-16/h2-3,7-8,16H,4-6,9-15H2,1H3. The van der Waals surface area contributed by atoms with Gasteiger partial charge in [0.25, 0.3) is 5.56 Å². The molecule has 1 saturated carbocycles. The Labute approximate surface area is 175 Å². The molecule has 2 fully saturated rings.